The van der Waals surface area contributed by atoms with E-state index in [9.17, 15) is 5.26 Å². The van der Waals surface area contributed by atoms with Gasteiger partial charge in [0.15, 0.2) is 10.1 Å². The molecule has 0 amide bonds. The van der Waals surface area contributed by atoms with Gasteiger partial charge >= 0.3 is 0 Å². The molecule has 0 unspecified atom stereocenters. The molecule has 2 N–H and O–H groups in total. The van der Waals surface area contributed by atoms with Crippen LogP contribution < -0.4 is 9.80 Å². The fourth-order valence-electron chi connectivity index (χ4n) is 2.61. The zero-order valence-electron chi connectivity index (χ0n) is 14.3. The molecule has 0 fully saturated rings. The minimum atomic E-state index is 0.104. The molecule has 0 saturated carbocycles. The van der Waals surface area contributed by atoms with Crippen LogP contribution in [0, 0.1) is 20.8 Å². The first-order valence-corrected chi connectivity index (χ1v) is 9.45. The summed E-state index contributed by atoms with van der Waals surface area (Å²) in [6.07, 6.45) is 7.22. The van der Waals surface area contributed by atoms with Crippen LogP contribution in [0.4, 0.5) is 11.4 Å². The first-order chi connectivity index (χ1) is 12.6. The SMILES string of the molecule is CCCCN(C(=N)N(C#N)c1cccnc1)c1ccc2[nH]c(=S)sc2c1. The molecule has 0 aliphatic rings. The van der Waals surface area contributed by atoms with Crippen LogP contribution in [0.1, 0.15) is 19.8 Å². The van der Waals surface area contributed by atoms with Gasteiger partial charge in [-0.1, -0.05) is 13.3 Å². The van der Waals surface area contributed by atoms with Crippen molar-refractivity contribution < 1.29 is 0 Å². The number of nitriles is 1. The molecule has 132 valence electrons. The van der Waals surface area contributed by atoms with Gasteiger partial charge in [-0.2, -0.15) is 5.26 Å². The van der Waals surface area contributed by atoms with E-state index < -0.39 is 0 Å². The van der Waals surface area contributed by atoms with Gasteiger partial charge in [0.05, 0.1) is 22.1 Å². The van der Waals surface area contributed by atoms with Crippen LogP contribution in [0.25, 0.3) is 10.2 Å². The quantitative estimate of drug-likeness (QED) is 0.216. The lowest BCUT2D eigenvalue weighted by Crippen LogP contribution is -2.42. The van der Waals surface area contributed by atoms with E-state index in [0.717, 1.165) is 32.7 Å². The van der Waals surface area contributed by atoms with Gasteiger partial charge in [-0.15, -0.1) is 11.3 Å². The Kier molecular flexibility index (Phi) is 5.61. The minimum Gasteiger partial charge on any atom is -0.337 e. The van der Waals surface area contributed by atoms with Gasteiger partial charge in [0.2, 0.25) is 5.96 Å². The molecular formula is C18H18N6S2. The highest BCUT2D eigenvalue weighted by atomic mass is 32.1. The van der Waals surface area contributed by atoms with Crippen molar-refractivity contribution in [3.63, 3.8) is 0 Å². The molecular weight excluding hydrogens is 364 g/mol. The zero-order valence-corrected chi connectivity index (χ0v) is 15.9. The number of benzene rings is 1. The molecule has 0 aliphatic carbocycles. The molecule has 1 aromatic carbocycles. The molecule has 3 aromatic rings. The molecule has 2 heterocycles. The Labute approximate surface area is 160 Å². The summed E-state index contributed by atoms with van der Waals surface area (Å²) in [5.74, 6) is 0.104. The first-order valence-electron chi connectivity index (χ1n) is 8.23. The van der Waals surface area contributed by atoms with Gasteiger partial charge in [-0.3, -0.25) is 10.4 Å². The summed E-state index contributed by atoms with van der Waals surface area (Å²) in [5.41, 5.74) is 2.42. The van der Waals surface area contributed by atoms with Crippen LogP contribution >= 0.6 is 23.6 Å². The third kappa shape index (κ3) is 3.74. The minimum absolute atomic E-state index is 0.104. The Morgan fingerprint density at radius 2 is 2.23 bits per heavy atom. The zero-order chi connectivity index (χ0) is 18.5. The summed E-state index contributed by atoms with van der Waals surface area (Å²) >= 11 is 6.72. The van der Waals surface area contributed by atoms with Crippen LogP contribution in [-0.2, 0) is 0 Å². The predicted octanol–water partition coefficient (Wildman–Crippen LogP) is 4.88. The Hall–Kier alpha value is -2.76. The van der Waals surface area contributed by atoms with Crippen molar-refractivity contribution in [2.45, 2.75) is 19.8 Å². The maximum Gasteiger partial charge on any atom is 0.216 e. The number of hydrogen-bond acceptors (Lipinski definition) is 5. The number of thiazole rings is 1. The maximum absolute atomic E-state index is 9.61. The number of fused-ring (bicyclic) bond motifs is 1. The van der Waals surface area contributed by atoms with Crippen molar-refractivity contribution in [1.29, 1.82) is 10.7 Å². The van der Waals surface area contributed by atoms with Crippen LogP contribution in [0.2, 0.25) is 0 Å². The topological polar surface area (TPSA) is 82.8 Å². The van der Waals surface area contributed by atoms with E-state index >= 15 is 0 Å². The highest BCUT2D eigenvalue weighted by Gasteiger charge is 2.20. The maximum atomic E-state index is 9.61. The Balaban J connectivity index is 1.99. The fraction of sp³-hybridized carbons (Fsp3) is 0.222. The molecule has 26 heavy (non-hydrogen) atoms. The molecule has 0 aliphatic heterocycles. The molecule has 2 aromatic heterocycles. The number of H-pyrrole nitrogens is 1. The third-order valence-electron chi connectivity index (χ3n) is 3.92. The summed E-state index contributed by atoms with van der Waals surface area (Å²) in [5, 5.41) is 18.3. The lowest BCUT2D eigenvalue weighted by molar-refractivity contribution is 0.790. The second-order valence-electron chi connectivity index (χ2n) is 5.67. The first kappa shape index (κ1) is 18.0. The van der Waals surface area contributed by atoms with E-state index in [2.05, 4.69) is 23.1 Å². The van der Waals surface area contributed by atoms with Gasteiger partial charge in [-0.05, 0) is 49.0 Å². The van der Waals surface area contributed by atoms with Crippen LogP contribution in [0.15, 0.2) is 42.7 Å². The largest absolute Gasteiger partial charge is 0.337 e. The molecule has 0 radical (unpaired) electrons. The smallest absolute Gasteiger partial charge is 0.216 e. The summed E-state index contributed by atoms with van der Waals surface area (Å²) in [4.78, 5) is 10.3. The number of aromatic amines is 1. The van der Waals surface area contributed by atoms with Crippen LogP contribution in [0.5, 0.6) is 0 Å². The second-order valence-corrected chi connectivity index (χ2v) is 7.39. The second kappa shape index (κ2) is 8.08. The van der Waals surface area contributed by atoms with Crippen LogP contribution in [-0.4, -0.2) is 22.5 Å². The van der Waals surface area contributed by atoms with Gasteiger partial charge < -0.3 is 9.88 Å². The average molecular weight is 383 g/mol. The summed E-state index contributed by atoms with van der Waals surface area (Å²) in [6, 6.07) is 9.44. The number of guanidine groups is 1. The molecule has 0 spiro atoms. The Bertz CT molecular complexity index is 1000. The lowest BCUT2D eigenvalue weighted by Gasteiger charge is -2.29. The molecule has 6 nitrogen and oxygen atoms in total. The van der Waals surface area contributed by atoms with E-state index in [1.807, 2.05) is 23.1 Å². The number of anilines is 2. The highest BCUT2D eigenvalue weighted by Crippen LogP contribution is 2.27. The van der Waals surface area contributed by atoms with E-state index in [1.165, 1.54) is 16.2 Å². The number of nitrogens with zero attached hydrogens (tertiary/aromatic N) is 4. The molecule has 0 bridgehead atoms. The number of aromatic nitrogens is 2. The predicted molar refractivity (Wildman–Crippen MR) is 109 cm³/mol. The van der Waals surface area contributed by atoms with Crippen LogP contribution in [0.3, 0.4) is 0 Å². The van der Waals surface area contributed by atoms with E-state index in [1.54, 1.807) is 24.5 Å². The van der Waals surface area contributed by atoms with E-state index in [4.69, 9.17) is 17.6 Å². The monoisotopic (exact) mass is 382 g/mol. The molecule has 8 heteroatoms. The number of pyridine rings is 1. The summed E-state index contributed by atoms with van der Waals surface area (Å²) in [6.45, 7) is 2.75. The van der Waals surface area contributed by atoms with E-state index in [0.29, 0.717) is 12.2 Å². The number of hydrogen-bond donors (Lipinski definition) is 2. The van der Waals surface area contributed by atoms with Gasteiger partial charge in [0, 0.05) is 18.4 Å². The van der Waals surface area contributed by atoms with Gasteiger partial charge in [0.1, 0.15) is 0 Å². The van der Waals surface area contributed by atoms with Gasteiger partial charge in [0.25, 0.3) is 0 Å². The standard InChI is InChI=1S/C18H18N6S2/c1-2-3-9-23(13-6-7-15-16(10-13)26-18(25)22-15)17(20)24(12-19)14-5-4-8-21-11-14/h4-8,10-11,20H,2-3,9H2,1H3,(H,22,25). The molecule has 0 atom stereocenters. The van der Waals surface area contributed by atoms with Gasteiger partial charge in [-0.25, -0.2) is 4.90 Å². The molecule has 3 rings (SSSR count). The fourth-order valence-corrected chi connectivity index (χ4v) is 3.76. The normalized spacial score (nSPS) is 10.5. The average Bonchev–Trinajstić information content (AvgIpc) is 3.03. The van der Waals surface area contributed by atoms with Crippen molar-refractivity contribution in [2.24, 2.45) is 0 Å². The Morgan fingerprint density at radius 3 is 2.92 bits per heavy atom. The number of rotatable bonds is 5. The van der Waals surface area contributed by atoms with Crippen molar-refractivity contribution in [3.05, 3.63) is 46.7 Å². The van der Waals surface area contributed by atoms with Crippen molar-refractivity contribution in [2.75, 3.05) is 16.3 Å². The highest BCUT2D eigenvalue weighted by molar-refractivity contribution is 7.73. The molecule has 0 saturated heterocycles. The van der Waals surface area contributed by atoms with E-state index in [-0.39, 0.29) is 5.96 Å². The Morgan fingerprint density at radius 1 is 1.38 bits per heavy atom. The van der Waals surface area contributed by atoms with Crippen molar-refractivity contribution in [1.82, 2.24) is 9.97 Å². The van der Waals surface area contributed by atoms with Crippen molar-refractivity contribution >= 4 is 51.1 Å². The van der Waals surface area contributed by atoms with Crippen molar-refractivity contribution in [3.8, 4) is 6.19 Å². The third-order valence-corrected chi connectivity index (χ3v) is 5.12. The summed E-state index contributed by atoms with van der Waals surface area (Å²) < 4.78 is 1.76. The number of nitrogens with one attached hydrogen (secondary N) is 2. The number of unbranched alkanes of at least 4 members (excludes halogenated alkanes) is 1. The lowest BCUT2D eigenvalue weighted by atomic mass is 10.2. The summed E-state index contributed by atoms with van der Waals surface area (Å²) in [7, 11) is 0.